The lowest BCUT2D eigenvalue weighted by Gasteiger charge is -2.21. The Labute approximate surface area is 588 Å². The van der Waals surface area contributed by atoms with Gasteiger partial charge < -0.3 is 33.8 Å². The Morgan fingerprint density at radius 3 is 0.646 bits per heavy atom. The molecule has 0 aromatic carbocycles. The molecule has 0 spiro atoms. The first-order chi connectivity index (χ1) is 46.1. The maximum absolute atomic E-state index is 13.1. The average molecular weight is 1410 g/mol. The van der Waals surface area contributed by atoms with E-state index >= 15 is 0 Å². The fourth-order valence-electron chi connectivity index (χ4n) is 11.7. The van der Waals surface area contributed by atoms with Gasteiger partial charge in [-0.05, 0) is 49.4 Å². The molecule has 0 saturated carbocycles. The fourth-order valence-corrected chi connectivity index (χ4v) is 13.3. The molecule has 0 aliphatic carbocycles. The highest BCUT2D eigenvalue weighted by Gasteiger charge is 2.30. The molecule has 0 fully saturated rings. The second-order valence-corrected chi connectivity index (χ2v) is 32.6. The predicted octanol–water partition coefficient (Wildman–Crippen LogP) is 22.4. The SMILES string of the molecule is CC(C)CCCCCCCCCCCCCCCC(=O)O[C@H](COC(=O)CCCCCCCCCCCCCCC(C)C)COP(=O)(O)OC[C@@H](O)COP(=O)(O)OC[C@@H](COC(=O)CCCCCCCCC(C)C)OC(=O)CCCCCCCCCCCCCCCC(C)C. The van der Waals surface area contributed by atoms with Gasteiger partial charge >= 0.3 is 39.5 Å². The van der Waals surface area contributed by atoms with Crippen LogP contribution in [0.25, 0.3) is 0 Å². The van der Waals surface area contributed by atoms with E-state index in [0.29, 0.717) is 31.6 Å². The van der Waals surface area contributed by atoms with E-state index in [4.69, 9.17) is 37.0 Å². The van der Waals surface area contributed by atoms with E-state index < -0.39 is 97.5 Å². The van der Waals surface area contributed by atoms with E-state index in [0.717, 1.165) is 114 Å². The molecule has 0 aliphatic rings. The van der Waals surface area contributed by atoms with Gasteiger partial charge in [0.1, 0.15) is 19.3 Å². The van der Waals surface area contributed by atoms with E-state index in [-0.39, 0.29) is 25.7 Å². The maximum atomic E-state index is 13.1. The third-order valence-electron chi connectivity index (χ3n) is 17.8. The van der Waals surface area contributed by atoms with Gasteiger partial charge in [0.25, 0.3) is 0 Å². The monoisotopic (exact) mass is 1410 g/mol. The van der Waals surface area contributed by atoms with Gasteiger partial charge in [-0.25, -0.2) is 9.13 Å². The lowest BCUT2D eigenvalue weighted by molar-refractivity contribution is -0.161. The van der Waals surface area contributed by atoms with Gasteiger partial charge in [-0.1, -0.05) is 338 Å². The van der Waals surface area contributed by atoms with Gasteiger partial charge in [-0.15, -0.1) is 0 Å². The highest BCUT2D eigenvalue weighted by atomic mass is 31.2. The molecule has 0 saturated heterocycles. The molecule has 0 aromatic heterocycles. The Balaban J connectivity index is 5.24. The molecule has 96 heavy (non-hydrogen) atoms. The summed E-state index contributed by atoms with van der Waals surface area (Å²) in [5, 5.41) is 10.6. The molecule has 2 unspecified atom stereocenters. The molecule has 0 aromatic rings. The summed E-state index contributed by atoms with van der Waals surface area (Å²) in [7, 11) is -9.91. The standard InChI is InChI=1S/C77H150O17P2/c1-67(2)53-45-37-29-23-17-11-9-13-21-27-33-43-51-59-76(81)93-72(63-87-74(79)57-49-41-32-26-20-16-15-19-25-31-39-47-55-69(5)6)65-91-95(83,84)89-61-71(78)62-90-96(85,86)92-66-73(64-88-75(80)58-50-42-36-35-40-48-56-70(7)8)94-77(82)60-52-44-34-28-22-14-10-12-18-24-30-38-46-54-68(3)4/h67-73,78H,9-66H2,1-8H3,(H,83,84)(H,85,86)/t71-,72-,73-/m1/s1. The molecule has 3 N–H and O–H groups in total. The van der Waals surface area contributed by atoms with E-state index in [1.54, 1.807) is 0 Å². The van der Waals surface area contributed by atoms with Crippen LogP contribution in [0.5, 0.6) is 0 Å². The van der Waals surface area contributed by atoms with Crippen molar-refractivity contribution in [2.24, 2.45) is 23.7 Å². The number of unbranched alkanes of at least 4 members (excludes halogenated alkanes) is 40. The Bertz CT molecular complexity index is 1880. The van der Waals surface area contributed by atoms with E-state index in [9.17, 15) is 43.2 Å². The second kappa shape index (κ2) is 66.3. The third-order valence-corrected chi connectivity index (χ3v) is 19.7. The molecular formula is C77H150O17P2. The summed E-state index contributed by atoms with van der Waals surface area (Å²) >= 11 is 0. The first-order valence-electron chi connectivity index (χ1n) is 39.7. The van der Waals surface area contributed by atoms with Crippen LogP contribution < -0.4 is 0 Å². The second-order valence-electron chi connectivity index (χ2n) is 29.7. The van der Waals surface area contributed by atoms with Crippen LogP contribution in [-0.4, -0.2) is 96.7 Å². The van der Waals surface area contributed by atoms with E-state index in [1.807, 2.05) is 0 Å². The van der Waals surface area contributed by atoms with Gasteiger partial charge in [-0.3, -0.25) is 37.3 Å². The van der Waals surface area contributed by atoms with Crippen molar-refractivity contribution in [1.82, 2.24) is 0 Å². The number of carbonyl (C=O) groups is 4. The largest absolute Gasteiger partial charge is 0.472 e. The van der Waals surface area contributed by atoms with E-state index in [2.05, 4.69) is 55.4 Å². The number of hydrogen-bond donors (Lipinski definition) is 3. The summed E-state index contributed by atoms with van der Waals surface area (Å²) < 4.78 is 68.6. The highest BCUT2D eigenvalue weighted by Crippen LogP contribution is 2.45. The van der Waals surface area contributed by atoms with Crippen LogP contribution in [0.15, 0.2) is 0 Å². The lowest BCUT2D eigenvalue weighted by atomic mass is 10.0. The van der Waals surface area contributed by atoms with Crippen molar-refractivity contribution in [2.75, 3.05) is 39.6 Å². The first kappa shape index (κ1) is 94.1. The Kier molecular flexibility index (Phi) is 65.0. The normalized spacial score (nSPS) is 14.1. The minimum Gasteiger partial charge on any atom is -0.462 e. The predicted molar refractivity (Wildman–Crippen MR) is 391 cm³/mol. The number of phosphoric ester groups is 2. The van der Waals surface area contributed by atoms with Crippen molar-refractivity contribution in [1.29, 1.82) is 0 Å². The summed E-state index contributed by atoms with van der Waals surface area (Å²) in [6.07, 6.45) is 51.4. The minimum absolute atomic E-state index is 0.106. The molecular weight excluding hydrogens is 1260 g/mol. The van der Waals surface area contributed by atoms with Crippen LogP contribution >= 0.6 is 15.6 Å². The summed E-state index contributed by atoms with van der Waals surface area (Å²) in [6.45, 7) is 14.2. The summed E-state index contributed by atoms with van der Waals surface area (Å²) in [5.41, 5.74) is 0. The molecule has 0 bridgehead atoms. The molecule has 0 radical (unpaired) electrons. The number of aliphatic hydroxyl groups excluding tert-OH is 1. The van der Waals surface area contributed by atoms with Crippen LogP contribution in [0.2, 0.25) is 0 Å². The zero-order chi connectivity index (χ0) is 71.0. The smallest absolute Gasteiger partial charge is 0.462 e. The zero-order valence-corrected chi connectivity index (χ0v) is 64.8. The Morgan fingerprint density at radius 2 is 0.438 bits per heavy atom. The van der Waals surface area contributed by atoms with E-state index in [1.165, 1.54) is 186 Å². The maximum Gasteiger partial charge on any atom is 0.472 e. The van der Waals surface area contributed by atoms with Crippen LogP contribution in [-0.2, 0) is 65.4 Å². The minimum atomic E-state index is -4.96. The highest BCUT2D eigenvalue weighted by molar-refractivity contribution is 7.47. The van der Waals surface area contributed by atoms with Crippen molar-refractivity contribution < 1.29 is 80.2 Å². The molecule has 0 aliphatic heterocycles. The Morgan fingerprint density at radius 1 is 0.260 bits per heavy atom. The number of ether oxygens (including phenoxy) is 4. The molecule has 5 atom stereocenters. The summed E-state index contributed by atoms with van der Waals surface area (Å²) in [4.78, 5) is 72.8. The van der Waals surface area contributed by atoms with Gasteiger partial charge in [0, 0.05) is 25.7 Å². The first-order valence-corrected chi connectivity index (χ1v) is 42.7. The van der Waals surface area contributed by atoms with Gasteiger partial charge in [0.2, 0.25) is 0 Å². The molecule has 19 heteroatoms. The van der Waals surface area contributed by atoms with Gasteiger partial charge in [0.05, 0.1) is 26.4 Å². The lowest BCUT2D eigenvalue weighted by Crippen LogP contribution is -2.30. The molecule has 570 valence electrons. The zero-order valence-electron chi connectivity index (χ0n) is 63.0. The van der Waals surface area contributed by atoms with Crippen molar-refractivity contribution in [3.05, 3.63) is 0 Å². The molecule has 0 amide bonds. The topological polar surface area (TPSA) is 237 Å². The van der Waals surface area contributed by atoms with Crippen molar-refractivity contribution in [3.63, 3.8) is 0 Å². The summed E-state index contributed by atoms with van der Waals surface area (Å²) in [5.74, 6) is 0.914. The number of rotatable bonds is 74. The Hall–Kier alpha value is -1.94. The van der Waals surface area contributed by atoms with Crippen LogP contribution in [0.1, 0.15) is 389 Å². The van der Waals surface area contributed by atoms with Gasteiger partial charge in [0.15, 0.2) is 12.2 Å². The van der Waals surface area contributed by atoms with Crippen molar-refractivity contribution in [2.45, 2.75) is 408 Å². The van der Waals surface area contributed by atoms with Crippen LogP contribution in [0, 0.1) is 23.7 Å². The number of phosphoric acid groups is 2. The number of carbonyl (C=O) groups excluding carboxylic acids is 4. The molecule has 17 nitrogen and oxygen atoms in total. The number of hydrogen-bond acceptors (Lipinski definition) is 15. The fraction of sp³-hybridized carbons (Fsp3) is 0.948. The number of aliphatic hydroxyl groups is 1. The quantitative estimate of drug-likeness (QED) is 0.0222. The van der Waals surface area contributed by atoms with Gasteiger partial charge in [-0.2, -0.15) is 0 Å². The number of esters is 4. The summed E-state index contributed by atoms with van der Waals surface area (Å²) in [6, 6.07) is 0. The van der Waals surface area contributed by atoms with Crippen LogP contribution in [0.3, 0.4) is 0 Å². The average Bonchev–Trinajstić information content (AvgIpc) is 1.18. The van der Waals surface area contributed by atoms with Crippen molar-refractivity contribution in [3.8, 4) is 0 Å². The van der Waals surface area contributed by atoms with Crippen molar-refractivity contribution >= 4 is 39.5 Å². The molecule has 0 heterocycles. The third kappa shape index (κ3) is 70.5. The van der Waals surface area contributed by atoms with Crippen LogP contribution in [0.4, 0.5) is 0 Å². The molecule has 0 rings (SSSR count).